The number of rotatable bonds is 6. The summed E-state index contributed by atoms with van der Waals surface area (Å²) in [6.45, 7) is 3.47. The second-order valence-electron chi connectivity index (χ2n) is 7.14. The molecule has 2 aromatic carbocycles. The zero-order chi connectivity index (χ0) is 20.5. The molecule has 2 aliphatic rings. The first-order valence-corrected chi connectivity index (χ1v) is 9.61. The predicted molar refractivity (Wildman–Crippen MR) is 105 cm³/mol. The largest absolute Gasteiger partial charge is 0.494 e. The molecule has 0 N–H and O–H groups in total. The monoisotopic (exact) mass is 395 g/mol. The van der Waals surface area contributed by atoms with Crippen molar-refractivity contribution in [3.63, 3.8) is 0 Å². The number of hydrogen-bond donors (Lipinski definition) is 0. The van der Waals surface area contributed by atoms with Crippen LogP contribution in [0.1, 0.15) is 52.1 Å². The van der Waals surface area contributed by atoms with Crippen LogP contribution in [0.5, 0.6) is 5.75 Å². The van der Waals surface area contributed by atoms with Crippen molar-refractivity contribution >= 4 is 17.5 Å². The second kappa shape index (κ2) is 7.63. The Morgan fingerprint density at radius 1 is 1.10 bits per heavy atom. The number of nitro benzene ring substituents is 1. The first-order valence-electron chi connectivity index (χ1n) is 9.61. The Morgan fingerprint density at radius 3 is 2.52 bits per heavy atom. The highest BCUT2D eigenvalue weighted by Crippen LogP contribution is 2.34. The van der Waals surface area contributed by atoms with Crippen molar-refractivity contribution in [2.45, 2.75) is 25.8 Å². The Morgan fingerprint density at radius 2 is 1.83 bits per heavy atom. The normalized spacial score (nSPS) is 18.9. The van der Waals surface area contributed by atoms with E-state index in [1.54, 1.807) is 0 Å². The van der Waals surface area contributed by atoms with Crippen molar-refractivity contribution in [1.29, 1.82) is 0 Å². The second-order valence-corrected chi connectivity index (χ2v) is 7.14. The molecule has 150 valence electrons. The third-order valence-corrected chi connectivity index (χ3v) is 5.43. The molecule has 4 rings (SSSR count). The first-order chi connectivity index (χ1) is 14.0. The summed E-state index contributed by atoms with van der Waals surface area (Å²) in [5.41, 5.74) is 1.23. The van der Waals surface area contributed by atoms with E-state index in [0.717, 1.165) is 30.7 Å². The number of non-ortho nitro benzene ring substituents is 1. The Labute approximate surface area is 167 Å². The third-order valence-electron chi connectivity index (χ3n) is 5.43. The topological polar surface area (TPSA) is 93.0 Å². The fourth-order valence-electron chi connectivity index (χ4n) is 4.03. The quantitative estimate of drug-likeness (QED) is 0.423. The highest BCUT2D eigenvalue weighted by molar-refractivity contribution is 6.21. The summed E-state index contributed by atoms with van der Waals surface area (Å²) in [4.78, 5) is 39.2. The van der Waals surface area contributed by atoms with Gasteiger partial charge in [0.1, 0.15) is 5.75 Å². The zero-order valence-electron chi connectivity index (χ0n) is 16.0. The van der Waals surface area contributed by atoms with Gasteiger partial charge < -0.3 is 4.74 Å². The SMILES string of the molecule is CCOc1ccc([C@H]2CCCN2CN2C(=O)c3ccc([N+](=O)[O-])cc3C2=O)cc1. The summed E-state index contributed by atoms with van der Waals surface area (Å²) in [5.74, 6) is -0.0778. The Kier molecular flexibility index (Phi) is 5.02. The number of likely N-dealkylation sites (tertiary alicyclic amines) is 1. The fraction of sp³-hybridized carbons (Fsp3) is 0.333. The van der Waals surface area contributed by atoms with Crippen LogP contribution in [-0.4, -0.2) is 46.4 Å². The Bertz CT molecular complexity index is 973. The molecule has 8 nitrogen and oxygen atoms in total. The van der Waals surface area contributed by atoms with Crippen LogP contribution in [0, 0.1) is 10.1 Å². The van der Waals surface area contributed by atoms with Gasteiger partial charge in [0.2, 0.25) is 0 Å². The number of nitrogens with zero attached hydrogens (tertiary/aromatic N) is 3. The van der Waals surface area contributed by atoms with Gasteiger partial charge in [0.15, 0.2) is 0 Å². The van der Waals surface area contributed by atoms with Gasteiger partial charge in [-0.05, 0) is 43.5 Å². The van der Waals surface area contributed by atoms with Crippen LogP contribution >= 0.6 is 0 Å². The molecule has 0 aromatic heterocycles. The van der Waals surface area contributed by atoms with E-state index in [-0.39, 0.29) is 29.5 Å². The van der Waals surface area contributed by atoms with Crippen molar-refractivity contribution in [3.8, 4) is 5.75 Å². The highest BCUT2D eigenvalue weighted by atomic mass is 16.6. The summed E-state index contributed by atoms with van der Waals surface area (Å²) < 4.78 is 5.49. The Hall–Kier alpha value is -3.26. The minimum atomic E-state index is -0.566. The summed E-state index contributed by atoms with van der Waals surface area (Å²) >= 11 is 0. The maximum atomic E-state index is 12.8. The number of carbonyl (C=O) groups is 2. The zero-order valence-corrected chi connectivity index (χ0v) is 16.0. The van der Waals surface area contributed by atoms with Crippen molar-refractivity contribution in [1.82, 2.24) is 9.80 Å². The lowest BCUT2D eigenvalue weighted by molar-refractivity contribution is -0.384. The van der Waals surface area contributed by atoms with E-state index in [2.05, 4.69) is 4.90 Å². The van der Waals surface area contributed by atoms with Crippen molar-refractivity contribution in [2.75, 3.05) is 19.8 Å². The first kappa shape index (κ1) is 19.1. The average molecular weight is 395 g/mol. The van der Waals surface area contributed by atoms with Gasteiger partial charge in [-0.15, -0.1) is 0 Å². The predicted octanol–water partition coefficient (Wildman–Crippen LogP) is 3.38. The standard InChI is InChI=1S/C21H21N3O5/c1-2-29-16-8-5-14(6-9-16)19-4-3-11-22(19)13-23-20(25)17-10-7-15(24(27)28)12-18(17)21(23)26/h5-10,12,19H,2-4,11,13H2,1H3/t19-/m1/s1. The number of ether oxygens (including phenoxy) is 1. The van der Waals surface area contributed by atoms with Gasteiger partial charge in [-0.2, -0.15) is 0 Å². The van der Waals surface area contributed by atoms with Gasteiger partial charge in [-0.25, -0.2) is 0 Å². The van der Waals surface area contributed by atoms with Crippen LogP contribution < -0.4 is 4.74 Å². The van der Waals surface area contributed by atoms with Crippen molar-refractivity contribution in [3.05, 3.63) is 69.3 Å². The minimum Gasteiger partial charge on any atom is -0.494 e. The molecule has 0 bridgehead atoms. The van der Waals surface area contributed by atoms with Gasteiger partial charge in [0.25, 0.3) is 17.5 Å². The van der Waals surface area contributed by atoms with Crippen LogP contribution in [0.4, 0.5) is 5.69 Å². The molecule has 1 atom stereocenters. The maximum Gasteiger partial charge on any atom is 0.270 e. The van der Waals surface area contributed by atoms with Crippen molar-refractivity contribution < 1.29 is 19.2 Å². The summed E-state index contributed by atoms with van der Waals surface area (Å²) in [7, 11) is 0. The number of amides is 2. The van der Waals surface area contributed by atoms with Crippen LogP contribution in [-0.2, 0) is 0 Å². The molecule has 2 aromatic rings. The number of imide groups is 1. The molecule has 0 spiro atoms. The number of carbonyl (C=O) groups excluding carboxylic acids is 2. The summed E-state index contributed by atoms with van der Waals surface area (Å²) in [6, 6.07) is 11.8. The lowest BCUT2D eigenvalue weighted by Crippen LogP contribution is -2.40. The van der Waals surface area contributed by atoms with Crippen molar-refractivity contribution in [2.24, 2.45) is 0 Å². The molecular weight excluding hydrogens is 374 g/mol. The van der Waals surface area contributed by atoms with E-state index in [9.17, 15) is 19.7 Å². The average Bonchev–Trinajstić information content (AvgIpc) is 3.27. The molecule has 29 heavy (non-hydrogen) atoms. The lowest BCUT2D eigenvalue weighted by atomic mass is 10.0. The smallest absolute Gasteiger partial charge is 0.270 e. The van der Waals surface area contributed by atoms with E-state index < -0.39 is 16.7 Å². The number of fused-ring (bicyclic) bond motifs is 1. The van der Waals surface area contributed by atoms with E-state index >= 15 is 0 Å². The van der Waals surface area contributed by atoms with Crippen LogP contribution in [0.25, 0.3) is 0 Å². The molecule has 1 saturated heterocycles. The van der Waals surface area contributed by atoms with E-state index in [1.165, 1.54) is 23.1 Å². The van der Waals surface area contributed by atoms with E-state index in [4.69, 9.17) is 4.74 Å². The third kappa shape index (κ3) is 3.47. The van der Waals surface area contributed by atoms with Crippen LogP contribution in [0.2, 0.25) is 0 Å². The molecule has 0 unspecified atom stereocenters. The molecule has 0 saturated carbocycles. The van der Waals surface area contributed by atoms with Crippen LogP contribution in [0.3, 0.4) is 0 Å². The van der Waals surface area contributed by atoms with Crippen LogP contribution in [0.15, 0.2) is 42.5 Å². The maximum absolute atomic E-state index is 12.8. The molecule has 2 heterocycles. The van der Waals surface area contributed by atoms with E-state index in [0.29, 0.717) is 6.61 Å². The molecule has 8 heteroatoms. The van der Waals surface area contributed by atoms with E-state index in [1.807, 2.05) is 31.2 Å². The summed E-state index contributed by atoms with van der Waals surface area (Å²) in [5, 5.41) is 11.0. The molecule has 0 radical (unpaired) electrons. The fourth-order valence-corrected chi connectivity index (χ4v) is 4.03. The molecule has 2 amide bonds. The number of nitro groups is 1. The molecule has 0 aliphatic carbocycles. The lowest BCUT2D eigenvalue weighted by Gasteiger charge is -2.28. The number of benzene rings is 2. The number of hydrogen-bond acceptors (Lipinski definition) is 6. The molecule has 1 fully saturated rings. The van der Waals surface area contributed by atoms with Gasteiger partial charge in [0.05, 0.1) is 29.3 Å². The van der Waals surface area contributed by atoms with Gasteiger partial charge in [-0.1, -0.05) is 12.1 Å². The van der Waals surface area contributed by atoms with Gasteiger partial charge in [-0.3, -0.25) is 29.5 Å². The summed E-state index contributed by atoms with van der Waals surface area (Å²) in [6.07, 6.45) is 1.90. The Balaban J connectivity index is 1.53. The molecule has 2 aliphatic heterocycles. The minimum absolute atomic E-state index is 0.0982. The molecular formula is C21H21N3O5. The van der Waals surface area contributed by atoms with Gasteiger partial charge in [0, 0.05) is 24.7 Å². The van der Waals surface area contributed by atoms with Gasteiger partial charge >= 0.3 is 0 Å². The highest BCUT2D eigenvalue weighted by Gasteiger charge is 2.39.